The third-order valence-electron chi connectivity index (χ3n) is 3.41. The van der Waals surface area contributed by atoms with E-state index in [1.54, 1.807) is 11.0 Å². The van der Waals surface area contributed by atoms with E-state index in [4.69, 9.17) is 5.73 Å². The number of primary amides is 1. The summed E-state index contributed by atoms with van der Waals surface area (Å²) in [5, 5.41) is 9.95. The summed E-state index contributed by atoms with van der Waals surface area (Å²) in [6.07, 6.45) is 0.385. The number of carbonyl (C=O) groups excluding carboxylic acids is 2. The molecular formula is C13H15IN2O3. The molecule has 0 aliphatic carbocycles. The molecule has 1 aromatic carbocycles. The zero-order valence-electron chi connectivity index (χ0n) is 10.3. The molecule has 1 heterocycles. The maximum absolute atomic E-state index is 12.3. The maximum Gasteiger partial charge on any atom is 0.253 e. The van der Waals surface area contributed by atoms with E-state index in [2.05, 4.69) is 22.6 Å². The topological polar surface area (TPSA) is 83.6 Å². The summed E-state index contributed by atoms with van der Waals surface area (Å²) in [6.45, 7) is 0.674. The van der Waals surface area contributed by atoms with Gasteiger partial charge in [-0.3, -0.25) is 9.59 Å². The van der Waals surface area contributed by atoms with Crippen LogP contribution in [0.1, 0.15) is 23.2 Å². The first-order valence-electron chi connectivity index (χ1n) is 5.99. The fourth-order valence-electron chi connectivity index (χ4n) is 2.13. The minimum Gasteiger partial charge on any atom is -0.380 e. The zero-order valence-corrected chi connectivity index (χ0v) is 12.5. The van der Waals surface area contributed by atoms with Crippen molar-refractivity contribution in [3.8, 4) is 0 Å². The van der Waals surface area contributed by atoms with Crippen molar-refractivity contribution in [3.05, 3.63) is 33.4 Å². The molecule has 1 aromatic rings. The molecule has 1 aliphatic rings. The van der Waals surface area contributed by atoms with Gasteiger partial charge in [0, 0.05) is 35.1 Å². The Kier molecular flexibility index (Phi) is 4.10. The average molecular weight is 374 g/mol. The molecule has 1 fully saturated rings. The summed E-state index contributed by atoms with van der Waals surface area (Å²) < 4.78 is 0.995. The molecule has 6 heteroatoms. The second kappa shape index (κ2) is 5.46. The van der Waals surface area contributed by atoms with Crippen molar-refractivity contribution >= 4 is 34.4 Å². The number of rotatable bonds is 2. The number of hydrogen-bond donors (Lipinski definition) is 2. The molecule has 102 valence electrons. The van der Waals surface area contributed by atoms with E-state index in [1.807, 2.05) is 18.2 Å². The SMILES string of the molecule is NC(=O)C1(O)CCN(C(=O)c2cccc(I)c2)CC1. The summed E-state index contributed by atoms with van der Waals surface area (Å²) >= 11 is 2.15. The number of likely N-dealkylation sites (tertiary alicyclic amines) is 1. The molecule has 2 amide bonds. The van der Waals surface area contributed by atoms with Crippen LogP contribution >= 0.6 is 22.6 Å². The van der Waals surface area contributed by atoms with Gasteiger partial charge in [-0.25, -0.2) is 0 Å². The van der Waals surface area contributed by atoms with Gasteiger partial charge >= 0.3 is 0 Å². The largest absolute Gasteiger partial charge is 0.380 e. The number of piperidine rings is 1. The standard InChI is InChI=1S/C13H15IN2O3/c14-10-3-1-2-9(8-10)11(17)16-6-4-13(19,5-7-16)12(15)18/h1-3,8,19H,4-7H2,(H2,15,18). The normalized spacial score (nSPS) is 18.1. The van der Waals surface area contributed by atoms with E-state index in [-0.39, 0.29) is 18.7 Å². The maximum atomic E-state index is 12.3. The van der Waals surface area contributed by atoms with Gasteiger partial charge in [-0.05, 0) is 40.8 Å². The van der Waals surface area contributed by atoms with Gasteiger partial charge in [0.1, 0.15) is 5.60 Å². The Labute approximate surface area is 124 Å². The molecule has 0 spiro atoms. The van der Waals surface area contributed by atoms with Gasteiger partial charge in [-0.15, -0.1) is 0 Å². The third-order valence-corrected chi connectivity index (χ3v) is 4.08. The van der Waals surface area contributed by atoms with Crippen molar-refractivity contribution in [1.29, 1.82) is 0 Å². The van der Waals surface area contributed by atoms with Gasteiger partial charge in [0.2, 0.25) is 5.91 Å². The zero-order chi connectivity index (χ0) is 14.0. The Bertz CT molecular complexity index is 510. The van der Waals surface area contributed by atoms with Crippen LogP contribution < -0.4 is 5.73 Å². The molecule has 0 radical (unpaired) electrons. The van der Waals surface area contributed by atoms with Gasteiger partial charge in [0.25, 0.3) is 5.91 Å². The lowest BCUT2D eigenvalue weighted by atomic mass is 9.90. The molecule has 19 heavy (non-hydrogen) atoms. The van der Waals surface area contributed by atoms with Crippen LogP contribution in [0.2, 0.25) is 0 Å². The first-order chi connectivity index (χ1) is 8.92. The molecule has 0 saturated carbocycles. The summed E-state index contributed by atoms with van der Waals surface area (Å²) in [5.74, 6) is -0.793. The van der Waals surface area contributed by atoms with Crippen molar-refractivity contribution in [3.63, 3.8) is 0 Å². The van der Waals surface area contributed by atoms with Crippen molar-refractivity contribution < 1.29 is 14.7 Å². The number of hydrogen-bond acceptors (Lipinski definition) is 3. The highest BCUT2D eigenvalue weighted by atomic mass is 127. The summed E-state index contributed by atoms with van der Waals surface area (Å²) in [4.78, 5) is 25.0. The number of aliphatic hydroxyl groups is 1. The van der Waals surface area contributed by atoms with E-state index >= 15 is 0 Å². The average Bonchev–Trinajstić information content (AvgIpc) is 2.38. The predicted molar refractivity (Wildman–Crippen MR) is 78.4 cm³/mol. The second-order valence-electron chi connectivity index (χ2n) is 4.70. The van der Waals surface area contributed by atoms with Gasteiger partial charge < -0.3 is 15.7 Å². The van der Waals surface area contributed by atoms with Gasteiger partial charge in [-0.2, -0.15) is 0 Å². The number of nitrogens with two attached hydrogens (primary N) is 1. The summed E-state index contributed by atoms with van der Waals surface area (Å²) in [6, 6.07) is 7.33. The van der Waals surface area contributed by atoms with Crippen LogP contribution in [-0.2, 0) is 4.79 Å². The number of benzene rings is 1. The Morgan fingerprint density at radius 3 is 2.47 bits per heavy atom. The number of amides is 2. The Balaban J connectivity index is 2.06. The smallest absolute Gasteiger partial charge is 0.253 e. The molecule has 0 atom stereocenters. The predicted octanol–water partition coefficient (Wildman–Crippen LogP) is 0.744. The van der Waals surface area contributed by atoms with E-state index in [0.717, 1.165) is 3.57 Å². The highest BCUT2D eigenvalue weighted by Crippen LogP contribution is 2.23. The van der Waals surface area contributed by atoms with Crippen LogP contribution in [0.25, 0.3) is 0 Å². The van der Waals surface area contributed by atoms with E-state index < -0.39 is 11.5 Å². The quantitative estimate of drug-likeness (QED) is 0.750. The van der Waals surface area contributed by atoms with Crippen LogP contribution in [0.4, 0.5) is 0 Å². The Morgan fingerprint density at radius 2 is 1.95 bits per heavy atom. The highest BCUT2D eigenvalue weighted by Gasteiger charge is 2.38. The van der Waals surface area contributed by atoms with Crippen molar-refractivity contribution in [2.45, 2.75) is 18.4 Å². The van der Waals surface area contributed by atoms with Crippen LogP contribution in [0.15, 0.2) is 24.3 Å². The Hall–Kier alpha value is -1.15. The fourth-order valence-corrected chi connectivity index (χ4v) is 2.67. The lowest BCUT2D eigenvalue weighted by Gasteiger charge is -2.36. The molecule has 5 nitrogen and oxygen atoms in total. The Morgan fingerprint density at radius 1 is 1.32 bits per heavy atom. The first kappa shape index (κ1) is 14.3. The number of nitrogens with zero attached hydrogens (tertiary/aromatic N) is 1. The minimum absolute atomic E-state index is 0.0787. The van der Waals surface area contributed by atoms with E-state index in [0.29, 0.717) is 18.7 Å². The van der Waals surface area contributed by atoms with Crippen molar-refractivity contribution in [2.75, 3.05) is 13.1 Å². The number of halogens is 1. The van der Waals surface area contributed by atoms with Crippen LogP contribution in [0.3, 0.4) is 0 Å². The highest BCUT2D eigenvalue weighted by molar-refractivity contribution is 14.1. The van der Waals surface area contributed by atoms with Crippen molar-refractivity contribution in [1.82, 2.24) is 4.90 Å². The molecule has 1 aliphatic heterocycles. The van der Waals surface area contributed by atoms with Crippen LogP contribution in [0, 0.1) is 3.57 Å². The molecule has 3 N–H and O–H groups in total. The number of carbonyl (C=O) groups is 2. The third kappa shape index (κ3) is 3.06. The molecule has 1 saturated heterocycles. The summed E-state index contributed by atoms with van der Waals surface area (Å²) in [7, 11) is 0. The van der Waals surface area contributed by atoms with E-state index in [1.165, 1.54) is 0 Å². The van der Waals surface area contributed by atoms with Gasteiger partial charge in [0.05, 0.1) is 0 Å². The minimum atomic E-state index is -1.47. The van der Waals surface area contributed by atoms with Gasteiger partial charge in [0.15, 0.2) is 0 Å². The van der Waals surface area contributed by atoms with E-state index in [9.17, 15) is 14.7 Å². The molecular weight excluding hydrogens is 359 g/mol. The van der Waals surface area contributed by atoms with Crippen LogP contribution in [-0.4, -0.2) is 40.5 Å². The molecule has 0 bridgehead atoms. The lowest BCUT2D eigenvalue weighted by Crippen LogP contribution is -2.53. The second-order valence-corrected chi connectivity index (χ2v) is 5.94. The van der Waals surface area contributed by atoms with Crippen molar-refractivity contribution in [2.24, 2.45) is 5.73 Å². The first-order valence-corrected chi connectivity index (χ1v) is 7.07. The molecule has 2 rings (SSSR count). The molecule has 0 aromatic heterocycles. The summed E-state index contributed by atoms with van der Waals surface area (Å²) in [5.41, 5.74) is 4.31. The van der Waals surface area contributed by atoms with Crippen LogP contribution in [0.5, 0.6) is 0 Å². The lowest BCUT2D eigenvalue weighted by molar-refractivity contribution is -0.140. The fraction of sp³-hybridized carbons (Fsp3) is 0.385. The van der Waals surface area contributed by atoms with Gasteiger partial charge in [-0.1, -0.05) is 6.07 Å². The molecule has 0 unspecified atom stereocenters. The monoisotopic (exact) mass is 374 g/mol.